The van der Waals surface area contributed by atoms with Crippen molar-refractivity contribution in [3.8, 4) is 22.9 Å². The third-order valence-corrected chi connectivity index (χ3v) is 3.67. The van der Waals surface area contributed by atoms with Crippen LogP contribution in [-0.2, 0) is 0 Å². The van der Waals surface area contributed by atoms with Crippen LogP contribution in [0.1, 0.15) is 10.4 Å². The first-order valence-electron chi connectivity index (χ1n) is 7.08. The quantitative estimate of drug-likeness (QED) is 0.696. The standard InChI is InChI=1S/C18H10ClF2NO3/c19-12-5-1-2-7-15(12)25-17-11(18(23)24)8-9-14(22-17)10-4-3-6-13(20)16(10)21/h1-9H,(H,23,24). The highest BCUT2D eigenvalue weighted by atomic mass is 35.5. The molecule has 0 fully saturated rings. The number of carboxylic acid groups (broad SMARTS) is 1. The van der Waals surface area contributed by atoms with Gasteiger partial charge in [0.15, 0.2) is 11.6 Å². The Labute approximate surface area is 146 Å². The maximum Gasteiger partial charge on any atom is 0.341 e. The average Bonchev–Trinajstić information content (AvgIpc) is 2.59. The van der Waals surface area contributed by atoms with Gasteiger partial charge in [0.25, 0.3) is 0 Å². The van der Waals surface area contributed by atoms with Crippen molar-refractivity contribution in [3.05, 3.63) is 76.8 Å². The zero-order valence-electron chi connectivity index (χ0n) is 12.5. The Bertz CT molecular complexity index is 963. The van der Waals surface area contributed by atoms with Crippen LogP contribution in [0.4, 0.5) is 8.78 Å². The molecular weight excluding hydrogens is 352 g/mol. The molecule has 0 aliphatic carbocycles. The molecule has 0 aliphatic rings. The van der Waals surface area contributed by atoms with Crippen LogP contribution < -0.4 is 4.74 Å². The van der Waals surface area contributed by atoms with Gasteiger partial charge in [0, 0.05) is 5.56 Å². The molecule has 1 N–H and O–H groups in total. The molecule has 0 unspecified atom stereocenters. The van der Waals surface area contributed by atoms with Gasteiger partial charge in [0.2, 0.25) is 5.88 Å². The molecule has 4 nitrogen and oxygen atoms in total. The van der Waals surface area contributed by atoms with Crippen LogP contribution in [0.15, 0.2) is 54.6 Å². The Morgan fingerprint density at radius 1 is 1.04 bits per heavy atom. The molecule has 25 heavy (non-hydrogen) atoms. The number of halogens is 3. The van der Waals surface area contributed by atoms with Crippen molar-refractivity contribution in [2.24, 2.45) is 0 Å². The maximum atomic E-state index is 14.0. The second-order valence-electron chi connectivity index (χ2n) is 4.99. The number of nitrogens with zero attached hydrogens (tertiary/aromatic N) is 1. The van der Waals surface area contributed by atoms with E-state index in [9.17, 15) is 18.7 Å². The van der Waals surface area contributed by atoms with Crippen molar-refractivity contribution >= 4 is 17.6 Å². The van der Waals surface area contributed by atoms with Gasteiger partial charge in [-0.3, -0.25) is 0 Å². The monoisotopic (exact) mass is 361 g/mol. The fourth-order valence-electron chi connectivity index (χ4n) is 2.16. The van der Waals surface area contributed by atoms with Crippen molar-refractivity contribution in [3.63, 3.8) is 0 Å². The van der Waals surface area contributed by atoms with Gasteiger partial charge >= 0.3 is 5.97 Å². The summed E-state index contributed by atoms with van der Waals surface area (Å²) in [7, 11) is 0. The molecule has 126 valence electrons. The summed E-state index contributed by atoms with van der Waals surface area (Å²) in [6.45, 7) is 0. The molecule has 3 aromatic rings. The van der Waals surface area contributed by atoms with Crippen LogP contribution in [0.5, 0.6) is 11.6 Å². The van der Waals surface area contributed by atoms with Crippen LogP contribution >= 0.6 is 11.6 Å². The van der Waals surface area contributed by atoms with E-state index in [1.165, 1.54) is 30.3 Å². The number of ether oxygens (including phenoxy) is 1. The van der Waals surface area contributed by atoms with E-state index < -0.39 is 17.6 Å². The minimum Gasteiger partial charge on any atom is -0.477 e. The SMILES string of the molecule is O=C(O)c1ccc(-c2cccc(F)c2F)nc1Oc1ccccc1Cl. The summed E-state index contributed by atoms with van der Waals surface area (Å²) in [5, 5.41) is 9.54. The summed E-state index contributed by atoms with van der Waals surface area (Å²) < 4.78 is 32.9. The molecule has 3 rings (SSSR count). The lowest BCUT2D eigenvalue weighted by Crippen LogP contribution is -2.03. The zero-order valence-corrected chi connectivity index (χ0v) is 13.3. The first kappa shape index (κ1) is 16.9. The molecule has 0 aliphatic heterocycles. The highest BCUT2D eigenvalue weighted by Gasteiger charge is 2.18. The van der Waals surface area contributed by atoms with Crippen molar-refractivity contribution in [2.45, 2.75) is 0 Å². The summed E-state index contributed by atoms with van der Waals surface area (Å²) in [5.74, 6) is -3.48. The Morgan fingerprint density at radius 3 is 2.52 bits per heavy atom. The number of pyridine rings is 1. The van der Waals surface area contributed by atoms with E-state index in [1.807, 2.05) is 0 Å². The van der Waals surface area contributed by atoms with Gasteiger partial charge in [-0.05, 0) is 36.4 Å². The number of carboxylic acids is 1. The number of para-hydroxylation sites is 1. The minimum absolute atomic E-state index is 0.0315. The minimum atomic E-state index is -1.28. The molecule has 0 atom stereocenters. The second-order valence-corrected chi connectivity index (χ2v) is 5.40. The first-order valence-corrected chi connectivity index (χ1v) is 7.46. The fourth-order valence-corrected chi connectivity index (χ4v) is 2.34. The van der Waals surface area contributed by atoms with Crippen molar-refractivity contribution in [1.29, 1.82) is 0 Å². The number of aromatic carboxylic acids is 1. The van der Waals surface area contributed by atoms with E-state index in [0.717, 1.165) is 6.07 Å². The Morgan fingerprint density at radius 2 is 1.80 bits per heavy atom. The van der Waals surface area contributed by atoms with E-state index >= 15 is 0 Å². The van der Waals surface area contributed by atoms with Gasteiger partial charge in [0.1, 0.15) is 11.3 Å². The van der Waals surface area contributed by atoms with Crippen molar-refractivity contribution in [1.82, 2.24) is 4.98 Å². The fraction of sp³-hybridized carbons (Fsp3) is 0. The molecule has 0 amide bonds. The number of hydrogen-bond acceptors (Lipinski definition) is 3. The smallest absolute Gasteiger partial charge is 0.341 e. The molecule has 0 saturated carbocycles. The molecule has 1 heterocycles. The van der Waals surface area contributed by atoms with E-state index in [2.05, 4.69) is 4.98 Å². The molecule has 2 aromatic carbocycles. The lowest BCUT2D eigenvalue weighted by atomic mass is 10.1. The number of hydrogen-bond donors (Lipinski definition) is 1. The summed E-state index contributed by atoms with van der Waals surface area (Å²) >= 11 is 6.00. The molecule has 0 saturated heterocycles. The predicted molar refractivity (Wildman–Crippen MR) is 88.1 cm³/mol. The molecule has 7 heteroatoms. The summed E-state index contributed by atoms with van der Waals surface area (Å²) in [4.78, 5) is 15.4. The van der Waals surface area contributed by atoms with Gasteiger partial charge in [-0.1, -0.05) is 29.8 Å². The predicted octanol–water partition coefficient (Wildman–Crippen LogP) is 5.17. The largest absolute Gasteiger partial charge is 0.477 e. The second kappa shape index (κ2) is 6.86. The molecule has 0 spiro atoms. The Hall–Kier alpha value is -2.99. The lowest BCUT2D eigenvalue weighted by molar-refractivity contribution is 0.0693. The van der Waals surface area contributed by atoms with Crippen molar-refractivity contribution < 1.29 is 23.4 Å². The number of benzene rings is 2. The summed E-state index contributed by atoms with van der Waals surface area (Å²) in [6.07, 6.45) is 0. The van der Waals surface area contributed by atoms with E-state index in [4.69, 9.17) is 16.3 Å². The van der Waals surface area contributed by atoms with Crippen molar-refractivity contribution in [2.75, 3.05) is 0 Å². The number of rotatable bonds is 4. The van der Waals surface area contributed by atoms with Crippen LogP contribution in [0.2, 0.25) is 5.02 Å². The summed E-state index contributed by atoms with van der Waals surface area (Å²) in [6, 6.07) is 12.6. The van der Waals surface area contributed by atoms with Gasteiger partial charge < -0.3 is 9.84 Å². The maximum absolute atomic E-state index is 14.0. The molecule has 0 bridgehead atoms. The normalized spacial score (nSPS) is 10.5. The van der Waals surface area contributed by atoms with E-state index in [0.29, 0.717) is 0 Å². The Kier molecular flexibility index (Phi) is 4.63. The van der Waals surface area contributed by atoms with Gasteiger partial charge in [-0.25, -0.2) is 18.6 Å². The van der Waals surface area contributed by atoms with E-state index in [-0.39, 0.29) is 33.5 Å². The molecular formula is C18H10ClF2NO3. The van der Waals surface area contributed by atoms with Gasteiger partial charge in [0.05, 0.1) is 10.7 Å². The highest BCUT2D eigenvalue weighted by molar-refractivity contribution is 6.32. The Balaban J connectivity index is 2.11. The van der Waals surface area contributed by atoms with Gasteiger partial charge in [-0.2, -0.15) is 0 Å². The summed E-state index contributed by atoms with van der Waals surface area (Å²) in [5.41, 5.74) is -0.314. The van der Waals surface area contributed by atoms with E-state index in [1.54, 1.807) is 18.2 Å². The zero-order chi connectivity index (χ0) is 18.0. The number of aromatic nitrogens is 1. The third-order valence-electron chi connectivity index (χ3n) is 3.36. The van der Waals surface area contributed by atoms with Crippen LogP contribution in [0.3, 0.4) is 0 Å². The van der Waals surface area contributed by atoms with Crippen LogP contribution in [-0.4, -0.2) is 16.1 Å². The highest BCUT2D eigenvalue weighted by Crippen LogP contribution is 2.32. The average molecular weight is 362 g/mol. The third kappa shape index (κ3) is 3.44. The van der Waals surface area contributed by atoms with Gasteiger partial charge in [-0.15, -0.1) is 0 Å². The topological polar surface area (TPSA) is 59.4 Å². The molecule has 1 aromatic heterocycles. The lowest BCUT2D eigenvalue weighted by Gasteiger charge is -2.11. The van der Waals surface area contributed by atoms with Crippen LogP contribution in [0, 0.1) is 11.6 Å². The number of carbonyl (C=O) groups is 1. The molecule has 0 radical (unpaired) electrons. The van der Waals surface area contributed by atoms with Crippen LogP contribution in [0.25, 0.3) is 11.3 Å². The first-order chi connectivity index (χ1) is 12.0.